The van der Waals surface area contributed by atoms with Gasteiger partial charge >= 0.3 is 12.1 Å². The molecular formula is C32H28N4O6. The number of pyridine rings is 1. The lowest BCUT2D eigenvalue weighted by atomic mass is 9.86. The summed E-state index contributed by atoms with van der Waals surface area (Å²) in [6.07, 6.45) is 0.488. The second-order valence-electron chi connectivity index (χ2n) is 9.79. The number of fused-ring (bicyclic) bond motifs is 1. The molecular weight excluding hydrogens is 536 g/mol. The number of rotatable bonds is 9. The van der Waals surface area contributed by atoms with Gasteiger partial charge in [0.2, 0.25) is 5.91 Å². The summed E-state index contributed by atoms with van der Waals surface area (Å²) in [5.41, 5.74) is 2.10. The highest BCUT2D eigenvalue weighted by atomic mass is 16.6. The number of benzene rings is 3. The van der Waals surface area contributed by atoms with Crippen LogP contribution in [-0.4, -0.2) is 63.8 Å². The largest absolute Gasteiger partial charge is 0.480 e. The molecule has 3 amide bonds. The quantitative estimate of drug-likeness (QED) is 0.276. The molecule has 1 aromatic heterocycles. The Morgan fingerprint density at radius 3 is 2.45 bits per heavy atom. The van der Waals surface area contributed by atoms with Crippen molar-refractivity contribution in [1.82, 2.24) is 9.88 Å². The number of amides is 3. The van der Waals surface area contributed by atoms with E-state index in [2.05, 4.69) is 15.3 Å². The van der Waals surface area contributed by atoms with E-state index in [-0.39, 0.29) is 25.3 Å². The number of carbonyl (C=O) groups is 4. The minimum atomic E-state index is -1.38. The first-order valence-electron chi connectivity index (χ1n) is 13.4. The second kappa shape index (κ2) is 12.4. The molecule has 1 saturated heterocycles. The summed E-state index contributed by atoms with van der Waals surface area (Å²) in [5.74, 6) is -3.11. The molecule has 1 fully saturated rings. The summed E-state index contributed by atoms with van der Waals surface area (Å²) >= 11 is 0. The van der Waals surface area contributed by atoms with Crippen molar-refractivity contribution < 1.29 is 29.0 Å². The van der Waals surface area contributed by atoms with Crippen LogP contribution in [0, 0.1) is 0 Å². The van der Waals surface area contributed by atoms with E-state index in [4.69, 9.17) is 4.74 Å². The standard InChI is InChI=1S/C32H28N4O6/c1-20(24-10-4-5-11-26(24)35-30(38)27-12-6-7-15-33-27)34-29(31(39)40)25(19-28(37)36-16-17-42-32(36)41)23-14-13-21-8-2-3-9-22(21)18-23/h2-15,18,25,29H,16-17,19H2,1H3,(H,35,38)(H,39,40)/t25-,29+/m0/s1. The Labute approximate surface area is 241 Å². The maximum absolute atomic E-state index is 13.2. The zero-order valence-corrected chi connectivity index (χ0v) is 22.8. The molecule has 0 spiro atoms. The Bertz CT molecular complexity index is 1690. The van der Waals surface area contributed by atoms with Crippen LogP contribution in [0.1, 0.15) is 40.9 Å². The highest BCUT2D eigenvalue weighted by Gasteiger charge is 2.36. The number of hydrogen-bond donors (Lipinski definition) is 2. The fourth-order valence-corrected chi connectivity index (χ4v) is 4.95. The highest BCUT2D eigenvalue weighted by molar-refractivity contribution is 6.10. The average Bonchev–Trinajstić information content (AvgIpc) is 3.45. The number of carboxylic acids is 1. The number of carbonyl (C=O) groups excluding carboxylic acids is 3. The van der Waals surface area contributed by atoms with Gasteiger partial charge in [0.25, 0.3) is 5.91 Å². The van der Waals surface area contributed by atoms with Crippen LogP contribution in [0.15, 0.2) is 96.1 Å². The summed E-state index contributed by atoms with van der Waals surface area (Å²) in [6.45, 7) is 1.84. The zero-order valence-electron chi connectivity index (χ0n) is 22.8. The SMILES string of the molecule is CC(=N[C@@H](C(=O)O)[C@@H](CC(=O)N1CCOC1=O)c1ccc2ccccc2c1)c1ccccc1NC(=O)c1ccccn1. The molecule has 4 aromatic rings. The maximum atomic E-state index is 13.2. The second-order valence-corrected chi connectivity index (χ2v) is 9.79. The normalized spacial score (nSPS) is 14.7. The van der Waals surface area contributed by atoms with Gasteiger partial charge in [-0.15, -0.1) is 0 Å². The topological polar surface area (TPSA) is 138 Å². The molecule has 212 valence electrons. The number of cyclic esters (lactones) is 1. The van der Waals surface area contributed by atoms with Gasteiger partial charge in [0, 0.05) is 29.8 Å². The third kappa shape index (κ3) is 6.17. The summed E-state index contributed by atoms with van der Waals surface area (Å²) in [4.78, 5) is 60.6. The van der Waals surface area contributed by atoms with Crippen molar-refractivity contribution in [2.45, 2.75) is 25.3 Å². The van der Waals surface area contributed by atoms with Crippen molar-refractivity contribution in [3.05, 3.63) is 108 Å². The molecule has 0 saturated carbocycles. The van der Waals surface area contributed by atoms with Crippen molar-refractivity contribution in [2.24, 2.45) is 4.99 Å². The molecule has 42 heavy (non-hydrogen) atoms. The monoisotopic (exact) mass is 564 g/mol. The van der Waals surface area contributed by atoms with Gasteiger partial charge in [-0.05, 0) is 41.5 Å². The summed E-state index contributed by atoms with van der Waals surface area (Å²) in [5, 5.41) is 15.1. The lowest BCUT2D eigenvalue weighted by Crippen LogP contribution is -2.36. The molecule has 5 rings (SSSR count). The Morgan fingerprint density at radius 2 is 1.74 bits per heavy atom. The van der Waals surface area contributed by atoms with Gasteiger partial charge < -0.3 is 15.2 Å². The lowest BCUT2D eigenvalue weighted by molar-refractivity contribution is -0.139. The molecule has 1 aliphatic heterocycles. The van der Waals surface area contributed by atoms with E-state index in [0.29, 0.717) is 22.5 Å². The molecule has 2 atom stereocenters. The van der Waals surface area contributed by atoms with Crippen LogP contribution in [0.4, 0.5) is 10.5 Å². The van der Waals surface area contributed by atoms with E-state index in [1.165, 1.54) is 6.20 Å². The van der Waals surface area contributed by atoms with E-state index in [1.54, 1.807) is 55.5 Å². The summed E-state index contributed by atoms with van der Waals surface area (Å²) in [6, 6.07) is 23.6. The zero-order chi connectivity index (χ0) is 29.6. The Kier molecular flexibility index (Phi) is 8.33. The fourth-order valence-electron chi connectivity index (χ4n) is 4.95. The molecule has 0 unspecified atom stereocenters. The van der Waals surface area contributed by atoms with Gasteiger partial charge in [-0.1, -0.05) is 66.7 Å². The molecule has 0 radical (unpaired) electrons. The Morgan fingerprint density at radius 1 is 1.00 bits per heavy atom. The molecule has 10 nitrogen and oxygen atoms in total. The highest BCUT2D eigenvalue weighted by Crippen LogP contribution is 2.31. The summed E-state index contributed by atoms with van der Waals surface area (Å²) < 4.78 is 4.92. The van der Waals surface area contributed by atoms with Crippen molar-refractivity contribution in [2.75, 3.05) is 18.5 Å². The number of anilines is 1. The lowest BCUT2D eigenvalue weighted by Gasteiger charge is -2.24. The number of nitrogens with one attached hydrogen (secondary N) is 1. The van der Waals surface area contributed by atoms with Crippen LogP contribution in [0.3, 0.4) is 0 Å². The number of aromatic nitrogens is 1. The van der Waals surface area contributed by atoms with E-state index in [9.17, 15) is 24.3 Å². The van der Waals surface area contributed by atoms with Crippen LogP contribution in [0.5, 0.6) is 0 Å². The summed E-state index contributed by atoms with van der Waals surface area (Å²) in [7, 11) is 0. The predicted octanol–water partition coefficient (Wildman–Crippen LogP) is 4.90. The van der Waals surface area contributed by atoms with E-state index in [1.807, 2.05) is 36.4 Å². The molecule has 10 heteroatoms. The first kappa shape index (κ1) is 28.2. The van der Waals surface area contributed by atoms with Gasteiger partial charge in [-0.3, -0.25) is 19.6 Å². The van der Waals surface area contributed by atoms with Crippen LogP contribution in [-0.2, 0) is 14.3 Å². The van der Waals surface area contributed by atoms with Crippen LogP contribution >= 0.6 is 0 Å². The number of imide groups is 1. The third-order valence-electron chi connectivity index (χ3n) is 7.09. The van der Waals surface area contributed by atoms with Gasteiger partial charge in [0.05, 0.1) is 12.2 Å². The van der Waals surface area contributed by atoms with Crippen molar-refractivity contribution in [3.8, 4) is 0 Å². The van der Waals surface area contributed by atoms with Crippen LogP contribution in [0.2, 0.25) is 0 Å². The number of hydrogen-bond acceptors (Lipinski definition) is 7. The number of aliphatic imine (C=N–C) groups is 1. The predicted molar refractivity (Wildman–Crippen MR) is 157 cm³/mol. The van der Waals surface area contributed by atoms with Crippen molar-refractivity contribution in [1.29, 1.82) is 0 Å². The van der Waals surface area contributed by atoms with Crippen LogP contribution in [0.25, 0.3) is 10.8 Å². The number of aliphatic carboxylic acids is 1. The molecule has 1 aliphatic rings. The van der Waals surface area contributed by atoms with Gasteiger partial charge in [-0.2, -0.15) is 0 Å². The van der Waals surface area contributed by atoms with Crippen LogP contribution < -0.4 is 5.32 Å². The molecule has 0 bridgehead atoms. The van der Waals surface area contributed by atoms with E-state index >= 15 is 0 Å². The van der Waals surface area contributed by atoms with E-state index < -0.39 is 35.8 Å². The number of para-hydroxylation sites is 1. The first-order valence-corrected chi connectivity index (χ1v) is 13.4. The Hall–Kier alpha value is -5.38. The first-order chi connectivity index (χ1) is 20.3. The van der Waals surface area contributed by atoms with Gasteiger partial charge in [-0.25, -0.2) is 14.5 Å². The minimum Gasteiger partial charge on any atom is -0.480 e. The molecule has 3 aromatic carbocycles. The third-order valence-corrected chi connectivity index (χ3v) is 7.09. The van der Waals surface area contributed by atoms with Crippen molar-refractivity contribution >= 4 is 46.0 Å². The van der Waals surface area contributed by atoms with Crippen molar-refractivity contribution in [3.63, 3.8) is 0 Å². The Balaban J connectivity index is 1.52. The molecule has 2 N–H and O–H groups in total. The average molecular weight is 565 g/mol. The minimum absolute atomic E-state index is 0.0891. The number of nitrogens with zero attached hydrogens (tertiary/aromatic N) is 3. The maximum Gasteiger partial charge on any atom is 0.416 e. The number of ether oxygens (including phenoxy) is 1. The van der Waals surface area contributed by atoms with E-state index in [0.717, 1.165) is 15.7 Å². The smallest absolute Gasteiger partial charge is 0.416 e. The fraction of sp³-hybridized carbons (Fsp3) is 0.188. The van der Waals surface area contributed by atoms with Gasteiger partial charge in [0.15, 0.2) is 6.04 Å². The number of carboxylic acid groups (broad SMARTS) is 1. The van der Waals surface area contributed by atoms with Gasteiger partial charge in [0.1, 0.15) is 12.3 Å². The molecule has 0 aliphatic carbocycles. The molecule has 2 heterocycles.